The van der Waals surface area contributed by atoms with Crippen molar-refractivity contribution in [2.24, 2.45) is 0 Å². The third-order valence-corrected chi connectivity index (χ3v) is 3.85. The highest BCUT2D eigenvalue weighted by Gasteiger charge is 2.39. The van der Waals surface area contributed by atoms with Crippen LogP contribution in [0.5, 0.6) is 0 Å². The minimum absolute atomic E-state index is 0.685. The molecular weight excluding hydrogens is 180 g/mol. The second-order valence-corrected chi connectivity index (χ2v) is 4.48. The number of rotatable bonds is 0. The van der Waals surface area contributed by atoms with Gasteiger partial charge in [0.15, 0.2) is 0 Å². The Kier molecular flexibility index (Phi) is 1.68. The lowest BCUT2D eigenvalue weighted by atomic mass is 9.85. The first-order valence-electron chi connectivity index (χ1n) is 5.45. The molecule has 0 nitrogen and oxygen atoms in total. The normalized spacial score (nSPS) is 25.7. The van der Waals surface area contributed by atoms with Gasteiger partial charge in [-0.3, -0.25) is 0 Å². The van der Waals surface area contributed by atoms with E-state index in [4.69, 9.17) is 12.8 Å². The second kappa shape index (κ2) is 2.91. The first-order valence-corrected chi connectivity index (χ1v) is 5.45. The summed E-state index contributed by atoms with van der Waals surface area (Å²) in [6.07, 6.45) is 14.9. The van der Waals surface area contributed by atoms with E-state index >= 15 is 0 Å². The van der Waals surface area contributed by atoms with Gasteiger partial charge in [-0.1, -0.05) is 11.8 Å². The maximum atomic E-state index is 5.54. The molecule has 2 bridgehead atoms. The van der Waals surface area contributed by atoms with E-state index in [0.717, 1.165) is 11.1 Å². The average Bonchev–Trinajstić information content (AvgIpc) is 2.88. The van der Waals surface area contributed by atoms with Crippen molar-refractivity contribution in [3.05, 3.63) is 34.4 Å². The Morgan fingerprint density at radius 2 is 1.40 bits per heavy atom. The zero-order valence-electron chi connectivity index (χ0n) is 8.59. The van der Waals surface area contributed by atoms with E-state index < -0.39 is 0 Å². The van der Waals surface area contributed by atoms with Crippen molar-refractivity contribution in [3.63, 3.8) is 0 Å². The summed E-state index contributed by atoms with van der Waals surface area (Å²) in [7, 11) is 0. The van der Waals surface area contributed by atoms with Gasteiger partial charge < -0.3 is 0 Å². The van der Waals surface area contributed by atoms with Crippen molar-refractivity contribution in [3.8, 4) is 24.7 Å². The second-order valence-electron chi connectivity index (χ2n) is 4.48. The zero-order chi connectivity index (χ0) is 10.4. The fourth-order valence-electron chi connectivity index (χ4n) is 3.27. The number of benzene rings is 1. The lowest BCUT2D eigenvalue weighted by Gasteiger charge is -2.18. The molecule has 0 amide bonds. The van der Waals surface area contributed by atoms with Crippen molar-refractivity contribution < 1.29 is 0 Å². The van der Waals surface area contributed by atoms with Gasteiger partial charge in [0.25, 0.3) is 0 Å². The minimum Gasteiger partial charge on any atom is -0.115 e. The molecule has 0 aromatic heterocycles. The fraction of sp³-hybridized carbons (Fsp3) is 0.333. The van der Waals surface area contributed by atoms with E-state index in [9.17, 15) is 0 Å². The van der Waals surface area contributed by atoms with E-state index in [1.54, 1.807) is 0 Å². The third kappa shape index (κ3) is 0.999. The molecule has 1 aromatic rings. The third-order valence-electron chi connectivity index (χ3n) is 3.85. The Balaban J connectivity index is 2.32. The average molecular weight is 192 g/mol. The van der Waals surface area contributed by atoms with Gasteiger partial charge in [-0.2, -0.15) is 0 Å². The summed E-state index contributed by atoms with van der Waals surface area (Å²) < 4.78 is 0. The Bertz CT molecular complexity index is 461. The van der Waals surface area contributed by atoms with Crippen LogP contribution in [0.3, 0.4) is 0 Å². The van der Waals surface area contributed by atoms with Gasteiger partial charge in [0, 0.05) is 11.1 Å². The van der Waals surface area contributed by atoms with Crippen molar-refractivity contribution in [2.75, 3.05) is 0 Å². The summed E-state index contributed by atoms with van der Waals surface area (Å²) in [5.41, 5.74) is 4.92. The summed E-state index contributed by atoms with van der Waals surface area (Å²) in [4.78, 5) is 0. The number of hydrogen-bond acceptors (Lipinski definition) is 0. The van der Waals surface area contributed by atoms with Crippen LogP contribution in [0.15, 0.2) is 12.1 Å². The van der Waals surface area contributed by atoms with Gasteiger partial charge in [-0.05, 0) is 54.4 Å². The SMILES string of the molecule is C#Cc1ccc(C#C)c2c1C1CCC2C1. The largest absolute Gasteiger partial charge is 0.115 e. The van der Waals surface area contributed by atoms with Gasteiger partial charge in [0.2, 0.25) is 0 Å². The minimum atomic E-state index is 0.685. The van der Waals surface area contributed by atoms with Crippen molar-refractivity contribution in [2.45, 2.75) is 31.1 Å². The standard InChI is InChI=1S/C15H12/c1-3-10-5-6-11(4-2)15-13-8-7-12(9-13)14(10)15/h1-2,5-6,12-13H,7-9H2. The van der Waals surface area contributed by atoms with Crippen LogP contribution in [0.25, 0.3) is 0 Å². The predicted octanol–water partition coefficient (Wildman–Crippen LogP) is 3.01. The lowest BCUT2D eigenvalue weighted by Crippen LogP contribution is -2.03. The molecule has 0 radical (unpaired) electrons. The van der Waals surface area contributed by atoms with Crippen LogP contribution in [-0.2, 0) is 0 Å². The van der Waals surface area contributed by atoms with E-state index in [1.807, 2.05) is 12.1 Å². The van der Waals surface area contributed by atoms with Gasteiger partial charge in [-0.25, -0.2) is 0 Å². The molecule has 2 aliphatic rings. The van der Waals surface area contributed by atoms with Crippen LogP contribution in [0, 0.1) is 24.7 Å². The summed E-state index contributed by atoms with van der Waals surface area (Å²) in [6.45, 7) is 0. The van der Waals surface area contributed by atoms with Gasteiger partial charge in [0.1, 0.15) is 0 Å². The highest BCUT2D eigenvalue weighted by molar-refractivity contribution is 5.59. The molecule has 1 aromatic carbocycles. The monoisotopic (exact) mass is 192 g/mol. The summed E-state index contributed by atoms with van der Waals surface area (Å²) in [5, 5.41) is 0. The number of fused-ring (bicyclic) bond motifs is 5. The van der Waals surface area contributed by atoms with E-state index in [2.05, 4.69) is 11.8 Å². The molecule has 3 rings (SSSR count). The fourth-order valence-corrected chi connectivity index (χ4v) is 3.27. The maximum absolute atomic E-state index is 5.54. The predicted molar refractivity (Wildman–Crippen MR) is 61.6 cm³/mol. The maximum Gasteiger partial charge on any atom is 0.0281 e. The molecule has 0 heteroatoms. The highest BCUT2D eigenvalue weighted by atomic mass is 14.4. The van der Waals surface area contributed by atoms with Crippen molar-refractivity contribution >= 4 is 0 Å². The number of terminal acetylenes is 2. The smallest absolute Gasteiger partial charge is 0.0281 e. The van der Waals surface area contributed by atoms with Crippen LogP contribution in [0.4, 0.5) is 0 Å². The van der Waals surface area contributed by atoms with Crippen LogP contribution in [0.1, 0.15) is 53.4 Å². The molecule has 2 unspecified atom stereocenters. The van der Waals surface area contributed by atoms with Crippen molar-refractivity contribution in [1.82, 2.24) is 0 Å². The van der Waals surface area contributed by atoms with Crippen LogP contribution in [-0.4, -0.2) is 0 Å². The zero-order valence-corrected chi connectivity index (χ0v) is 8.59. The molecule has 0 aliphatic heterocycles. The van der Waals surface area contributed by atoms with Gasteiger partial charge in [0.05, 0.1) is 0 Å². The van der Waals surface area contributed by atoms with E-state index in [1.165, 1.54) is 30.4 Å². The molecule has 2 atom stereocenters. The molecule has 72 valence electrons. The Morgan fingerprint density at radius 1 is 0.933 bits per heavy atom. The van der Waals surface area contributed by atoms with E-state index in [0.29, 0.717) is 11.8 Å². The molecule has 1 fully saturated rings. The van der Waals surface area contributed by atoms with Gasteiger partial charge in [-0.15, -0.1) is 12.8 Å². The molecule has 2 aliphatic carbocycles. The molecule has 0 heterocycles. The van der Waals surface area contributed by atoms with E-state index in [-0.39, 0.29) is 0 Å². The molecule has 0 spiro atoms. The Labute approximate surface area is 90.7 Å². The first kappa shape index (κ1) is 8.63. The molecule has 0 saturated heterocycles. The summed E-state index contributed by atoms with van der Waals surface area (Å²) >= 11 is 0. The lowest BCUT2D eigenvalue weighted by molar-refractivity contribution is 0.715. The molecule has 15 heavy (non-hydrogen) atoms. The highest BCUT2D eigenvalue weighted by Crippen LogP contribution is 2.54. The summed E-state index contributed by atoms with van der Waals surface area (Å²) in [5.74, 6) is 6.96. The van der Waals surface area contributed by atoms with Crippen LogP contribution >= 0.6 is 0 Å². The van der Waals surface area contributed by atoms with Crippen LogP contribution in [0.2, 0.25) is 0 Å². The molecule has 0 N–H and O–H groups in total. The molecular formula is C15H12. The Morgan fingerprint density at radius 3 is 1.80 bits per heavy atom. The van der Waals surface area contributed by atoms with Crippen LogP contribution < -0.4 is 0 Å². The van der Waals surface area contributed by atoms with Gasteiger partial charge >= 0.3 is 0 Å². The topological polar surface area (TPSA) is 0 Å². The molecule has 1 saturated carbocycles. The van der Waals surface area contributed by atoms with Crippen molar-refractivity contribution in [1.29, 1.82) is 0 Å². The first-order chi connectivity index (χ1) is 7.35. The summed E-state index contributed by atoms with van der Waals surface area (Å²) in [6, 6.07) is 4.02. The number of hydrogen-bond donors (Lipinski definition) is 0. The quantitative estimate of drug-likeness (QED) is 0.554. The Hall–Kier alpha value is -1.66.